The van der Waals surface area contributed by atoms with Crippen LogP contribution in [0.5, 0.6) is 11.5 Å². The molecule has 6 heteroatoms. The summed E-state index contributed by atoms with van der Waals surface area (Å²) in [5.74, 6) is 1.83. The lowest BCUT2D eigenvalue weighted by Crippen LogP contribution is -2.43. The Balaban J connectivity index is 1.54. The van der Waals surface area contributed by atoms with Crippen molar-refractivity contribution in [3.63, 3.8) is 0 Å². The van der Waals surface area contributed by atoms with Crippen LogP contribution in [-0.2, 0) is 11.4 Å². The zero-order valence-corrected chi connectivity index (χ0v) is 17.1. The number of nitrogens with one attached hydrogen (secondary N) is 1. The fourth-order valence-corrected chi connectivity index (χ4v) is 3.38. The number of methoxy groups -OCH3 is 1. The van der Waals surface area contributed by atoms with Crippen molar-refractivity contribution < 1.29 is 19.4 Å². The van der Waals surface area contributed by atoms with Gasteiger partial charge in [0.05, 0.1) is 13.7 Å². The summed E-state index contributed by atoms with van der Waals surface area (Å²) >= 11 is 0. The van der Waals surface area contributed by atoms with Gasteiger partial charge in [-0.15, -0.1) is 0 Å². The summed E-state index contributed by atoms with van der Waals surface area (Å²) in [4.78, 5) is 14.2. The standard InChI is InChI=1S/C23H30N2O4/c1-17-10-12-25(13-11-17)22(26)15-24-23(27)19-8-9-20(21(14-19)28-2)29-16-18-6-4-3-5-7-18/h3-9,14,17,23-24,27H,10-13,15-16H2,1-2H3. The molecule has 0 bridgehead atoms. The van der Waals surface area contributed by atoms with Crippen LogP contribution in [0.15, 0.2) is 48.5 Å². The molecule has 1 saturated heterocycles. The highest BCUT2D eigenvalue weighted by Crippen LogP contribution is 2.30. The maximum atomic E-state index is 12.3. The van der Waals surface area contributed by atoms with Crippen molar-refractivity contribution in [2.45, 2.75) is 32.6 Å². The SMILES string of the molecule is COc1cc(C(O)NCC(=O)N2CCC(C)CC2)ccc1OCc1ccccc1. The summed E-state index contributed by atoms with van der Waals surface area (Å²) in [5, 5.41) is 13.4. The van der Waals surface area contributed by atoms with Crippen molar-refractivity contribution in [3.8, 4) is 11.5 Å². The van der Waals surface area contributed by atoms with Gasteiger partial charge >= 0.3 is 0 Å². The molecule has 0 aromatic heterocycles. The zero-order valence-electron chi connectivity index (χ0n) is 17.1. The number of piperidine rings is 1. The van der Waals surface area contributed by atoms with Gasteiger partial charge in [0, 0.05) is 13.1 Å². The van der Waals surface area contributed by atoms with E-state index in [1.807, 2.05) is 35.2 Å². The Kier molecular flexibility index (Phi) is 7.49. The molecular formula is C23H30N2O4. The number of hydrogen-bond donors (Lipinski definition) is 2. The maximum absolute atomic E-state index is 12.3. The molecule has 3 rings (SSSR count). The number of carbonyl (C=O) groups is 1. The predicted molar refractivity (Wildman–Crippen MR) is 112 cm³/mol. The first-order valence-electron chi connectivity index (χ1n) is 10.1. The fourth-order valence-electron chi connectivity index (χ4n) is 3.38. The number of benzene rings is 2. The molecule has 2 aromatic rings. The highest BCUT2D eigenvalue weighted by atomic mass is 16.5. The van der Waals surface area contributed by atoms with E-state index in [2.05, 4.69) is 12.2 Å². The number of aliphatic hydroxyl groups excluding tert-OH is 1. The number of rotatable bonds is 8. The molecule has 0 aliphatic carbocycles. The molecule has 0 radical (unpaired) electrons. The lowest BCUT2D eigenvalue weighted by Gasteiger charge is -2.30. The third-order valence-electron chi connectivity index (χ3n) is 5.32. The monoisotopic (exact) mass is 398 g/mol. The van der Waals surface area contributed by atoms with Crippen molar-refractivity contribution in [1.82, 2.24) is 10.2 Å². The van der Waals surface area contributed by atoms with Gasteiger partial charge in [-0.1, -0.05) is 43.3 Å². The molecule has 1 fully saturated rings. The Morgan fingerprint density at radius 1 is 1.17 bits per heavy atom. The van der Waals surface area contributed by atoms with Crippen LogP contribution in [0.1, 0.15) is 37.1 Å². The number of hydrogen-bond acceptors (Lipinski definition) is 5. The predicted octanol–water partition coefficient (Wildman–Crippen LogP) is 3.11. The molecule has 1 aliphatic rings. The second-order valence-electron chi connectivity index (χ2n) is 7.53. The van der Waals surface area contributed by atoms with E-state index >= 15 is 0 Å². The first-order valence-corrected chi connectivity index (χ1v) is 10.1. The molecule has 6 nitrogen and oxygen atoms in total. The van der Waals surface area contributed by atoms with Gasteiger partial charge in [0.15, 0.2) is 11.5 Å². The van der Waals surface area contributed by atoms with Crippen molar-refractivity contribution in [2.75, 3.05) is 26.7 Å². The van der Waals surface area contributed by atoms with Crippen LogP contribution in [0.4, 0.5) is 0 Å². The minimum absolute atomic E-state index is 0.0192. The maximum Gasteiger partial charge on any atom is 0.236 e. The van der Waals surface area contributed by atoms with Gasteiger partial charge < -0.3 is 19.5 Å². The summed E-state index contributed by atoms with van der Waals surface area (Å²) in [6.45, 7) is 4.33. The van der Waals surface area contributed by atoms with Crippen molar-refractivity contribution in [2.24, 2.45) is 5.92 Å². The lowest BCUT2D eigenvalue weighted by atomic mass is 9.99. The Bertz CT molecular complexity index is 789. The smallest absolute Gasteiger partial charge is 0.236 e. The molecule has 1 aliphatic heterocycles. The lowest BCUT2D eigenvalue weighted by molar-refractivity contribution is -0.132. The van der Waals surface area contributed by atoms with Crippen LogP contribution in [0.25, 0.3) is 0 Å². The van der Waals surface area contributed by atoms with E-state index in [0.29, 0.717) is 29.6 Å². The van der Waals surface area contributed by atoms with Crippen LogP contribution in [0.3, 0.4) is 0 Å². The Morgan fingerprint density at radius 3 is 2.59 bits per heavy atom. The molecule has 156 valence electrons. The van der Waals surface area contributed by atoms with Crippen LogP contribution in [0, 0.1) is 5.92 Å². The molecule has 2 aromatic carbocycles. The van der Waals surface area contributed by atoms with Gasteiger partial charge in [-0.3, -0.25) is 10.1 Å². The van der Waals surface area contributed by atoms with E-state index in [0.717, 1.165) is 31.5 Å². The van der Waals surface area contributed by atoms with Crippen LogP contribution < -0.4 is 14.8 Å². The second kappa shape index (κ2) is 10.3. The number of ether oxygens (including phenoxy) is 2. The van der Waals surface area contributed by atoms with Gasteiger partial charge in [-0.05, 0) is 42.0 Å². The van der Waals surface area contributed by atoms with Gasteiger partial charge in [0.2, 0.25) is 5.91 Å². The third-order valence-corrected chi connectivity index (χ3v) is 5.32. The molecule has 0 saturated carbocycles. The molecular weight excluding hydrogens is 368 g/mol. The third kappa shape index (κ3) is 5.95. The largest absolute Gasteiger partial charge is 0.493 e. The molecule has 1 heterocycles. The number of amides is 1. The number of likely N-dealkylation sites (tertiary alicyclic amines) is 1. The number of nitrogens with zero attached hydrogens (tertiary/aromatic N) is 1. The van der Waals surface area contributed by atoms with E-state index < -0.39 is 6.23 Å². The van der Waals surface area contributed by atoms with Crippen LogP contribution >= 0.6 is 0 Å². The Hall–Kier alpha value is -2.57. The van der Waals surface area contributed by atoms with Crippen LogP contribution in [-0.4, -0.2) is 42.7 Å². The van der Waals surface area contributed by atoms with E-state index in [9.17, 15) is 9.90 Å². The highest BCUT2D eigenvalue weighted by Gasteiger charge is 2.21. The summed E-state index contributed by atoms with van der Waals surface area (Å²) in [7, 11) is 1.56. The topological polar surface area (TPSA) is 71.0 Å². The first kappa shape index (κ1) is 21.1. The summed E-state index contributed by atoms with van der Waals surface area (Å²) in [6, 6.07) is 15.2. The summed E-state index contributed by atoms with van der Waals surface area (Å²) in [6.07, 6.45) is 1.12. The molecule has 2 N–H and O–H groups in total. The van der Waals surface area contributed by atoms with Crippen molar-refractivity contribution >= 4 is 5.91 Å². The molecule has 1 unspecified atom stereocenters. The van der Waals surface area contributed by atoms with E-state index in [-0.39, 0.29) is 12.5 Å². The van der Waals surface area contributed by atoms with Gasteiger partial charge in [-0.25, -0.2) is 0 Å². The minimum Gasteiger partial charge on any atom is -0.493 e. The minimum atomic E-state index is -0.959. The average Bonchev–Trinajstić information content (AvgIpc) is 2.76. The summed E-state index contributed by atoms with van der Waals surface area (Å²) in [5.41, 5.74) is 1.68. The first-order chi connectivity index (χ1) is 14.1. The number of aliphatic hydroxyl groups is 1. The summed E-state index contributed by atoms with van der Waals surface area (Å²) < 4.78 is 11.3. The van der Waals surface area contributed by atoms with E-state index in [1.54, 1.807) is 25.3 Å². The second-order valence-corrected chi connectivity index (χ2v) is 7.53. The average molecular weight is 399 g/mol. The highest BCUT2D eigenvalue weighted by molar-refractivity contribution is 5.78. The quantitative estimate of drug-likeness (QED) is 0.669. The molecule has 1 atom stereocenters. The van der Waals surface area contributed by atoms with Crippen molar-refractivity contribution in [3.05, 3.63) is 59.7 Å². The zero-order chi connectivity index (χ0) is 20.6. The molecule has 29 heavy (non-hydrogen) atoms. The Morgan fingerprint density at radius 2 is 1.90 bits per heavy atom. The van der Waals surface area contributed by atoms with Gasteiger partial charge in [-0.2, -0.15) is 0 Å². The van der Waals surface area contributed by atoms with Crippen molar-refractivity contribution in [1.29, 1.82) is 0 Å². The van der Waals surface area contributed by atoms with Gasteiger partial charge in [0.1, 0.15) is 12.8 Å². The van der Waals surface area contributed by atoms with Crippen LogP contribution in [0.2, 0.25) is 0 Å². The van der Waals surface area contributed by atoms with E-state index in [4.69, 9.17) is 9.47 Å². The Labute approximate surface area is 172 Å². The van der Waals surface area contributed by atoms with Gasteiger partial charge in [0.25, 0.3) is 0 Å². The normalized spacial score (nSPS) is 15.8. The van der Waals surface area contributed by atoms with E-state index in [1.165, 1.54) is 0 Å². The molecule has 0 spiro atoms. The fraction of sp³-hybridized carbons (Fsp3) is 0.435. The molecule has 1 amide bonds. The number of carbonyl (C=O) groups excluding carboxylic acids is 1.